The quantitative estimate of drug-likeness (QED) is 0.658. The van der Waals surface area contributed by atoms with Crippen molar-refractivity contribution >= 4 is 11.6 Å². The molecule has 0 amide bonds. The van der Waals surface area contributed by atoms with Crippen LogP contribution in [-0.2, 0) is 5.41 Å². The molecule has 0 bridgehead atoms. The van der Waals surface area contributed by atoms with E-state index in [4.69, 9.17) is 11.6 Å². The number of phenolic OH excluding ortho intramolecular Hbond substituents is 2. The first-order chi connectivity index (χ1) is 11.0. The summed E-state index contributed by atoms with van der Waals surface area (Å²) < 4.78 is 0. The number of phenols is 2. The molecule has 0 saturated heterocycles. The average Bonchev–Trinajstić information content (AvgIpc) is 2.56. The largest absolute Gasteiger partial charge is 0.508 e. The second-order valence-electron chi connectivity index (χ2n) is 5.70. The minimum Gasteiger partial charge on any atom is -0.508 e. The molecule has 0 heterocycles. The Morgan fingerprint density at radius 2 is 1.13 bits per heavy atom. The zero-order valence-electron chi connectivity index (χ0n) is 12.7. The van der Waals surface area contributed by atoms with Gasteiger partial charge >= 0.3 is 0 Å². The lowest BCUT2D eigenvalue weighted by atomic mass is 9.71. The second kappa shape index (κ2) is 5.98. The van der Waals surface area contributed by atoms with Gasteiger partial charge in [-0.05, 0) is 53.9 Å². The first kappa shape index (κ1) is 15.4. The Morgan fingerprint density at radius 3 is 1.57 bits per heavy atom. The molecule has 0 aliphatic carbocycles. The van der Waals surface area contributed by atoms with Gasteiger partial charge in [0.2, 0.25) is 0 Å². The predicted molar refractivity (Wildman–Crippen MR) is 93.2 cm³/mol. The maximum Gasteiger partial charge on any atom is 0.115 e. The third kappa shape index (κ3) is 2.78. The summed E-state index contributed by atoms with van der Waals surface area (Å²) >= 11 is 6.47. The molecular weight excluding hydrogens is 308 g/mol. The molecule has 0 saturated carbocycles. The lowest BCUT2D eigenvalue weighted by Crippen LogP contribution is -2.25. The van der Waals surface area contributed by atoms with E-state index in [1.54, 1.807) is 24.3 Å². The number of aromatic hydroxyl groups is 2. The number of halogens is 1. The standard InChI is InChI=1S/C20H17ClO2/c1-20(14-6-10-16(22)11-7-14,15-8-12-17(23)13-9-15)18-4-2-3-5-19(18)21/h2-13,22-23H,1H3. The molecule has 3 aromatic rings. The minimum atomic E-state index is -0.500. The van der Waals surface area contributed by atoms with Crippen molar-refractivity contribution in [2.45, 2.75) is 12.3 Å². The Bertz CT molecular complexity index is 762. The van der Waals surface area contributed by atoms with E-state index in [-0.39, 0.29) is 11.5 Å². The summed E-state index contributed by atoms with van der Waals surface area (Å²) in [4.78, 5) is 0. The Balaban J connectivity index is 2.27. The summed E-state index contributed by atoms with van der Waals surface area (Å²) in [7, 11) is 0. The molecular formula is C20H17ClO2. The number of hydrogen-bond donors (Lipinski definition) is 2. The molecule has 2 nitrogen and oxygen atoms in total. The van der Waals surface area contributed by atoms with E-state index in [1.807, 2.05) is 48.5 Å². The first-order valence-corrected chi connectivity index (χ1v) is 7.73. The van der Waals surface area contributed by atoms with E-state index >= 15 is 0 Å². The molecule has 0 atom stereocenters. The fourth-order valence-electron chi connectivity index (χ4n) is 2.93. The van der Waals surface area contributed by atoms with Crippen LogP contribution in [0.3, 0.4) is 0 Å². The highest BCUT2D eigenvalue weighted by Crippen LogP contribution is 2.42. The third-order valence-electron chi connectivity index (χ3n) is 4.30. The SMILES string of the molecule is CC(c1ccc(O)cc1)(c1ccc(O)cc1)c1ccccc1Cl. The van der Waals surface area contributed by atoms with Crippen LogP contribution in [-0.4, -0.2) is 10.2 Å². The van der Waals surface area contributed by atoms with Gasteiger partial charge in [-0.2, -0.15) is 0 Å². The molecule has 0 aliphatic heterocycles. The van der Waals surface area contributed by atoms with Gasteiger partial charge in [0.25, 0.3) is 0 Å². The molecule has 0 fully saturated rings. The molecule has 0 unspecified atom stereocenters. The summed E-state index contributed by atoms with van der Waals surface area (Å²) in [5.41, 5.74) is 2.49. The van der Waals surface area contributed by atoms with E-state index in [2.05, 4.69) is 6.92 Å². The molecule has 0 radical (unpaired) electrons. The van der Waals surface area contributed by atoms with Crippen molar-refractivity contribution in [1.82, 2.24) is 0 Å². The normalized spacial score (nSPS) is 11.4. The van der Waals surface area contributed by atoms with Gasteiger partial charge in [-0.25, -0.2) is 0 Å². The lowest BCUT2D eigenvalue weighted by molar-refractivity contribution is 0.474. The number of rotatable bonds is 3. The molecule has 0 spiro atoms. The summed E-state index contributed by atoms with van der Waals surface area (Å²) in [6.07, 6.45) is 0. The van der Waals surface area contributed by atoms with Gasteiger partial charge in [-0.1, -0.05) is 54.1 Å². The lowest BCUT2D eigenvalue weighted by Gasteiger charge is -2.32. The Hall–Kier alpha value is -2.45. The van der Waals surface area contributed by atoms with Crippen molar-refractivity contribution in [2.75, 3.05) is 0 Å². The molecule has 0 aromatic heterocycles. The maximum absolute atomic E-state index is 9.60. The van der Waals surface area contributed by atoms with Crippen molar-refractivity contribution in [3.8, 4) is 11.5 Å². The summed E-state index contributed by atoms with van der Waals surface area (Å²) in [6.45, 7) is 2.09. The highest BCUT2D eigenvalue weighted by Gasteiger charge is 2.32. The van der Waals surface area contributed by atoms with Gasteiger partial charge in [-0.15, -0.1) is 0 Å². The van der Waals surface area contributed by atoms with Gasteiger partial charge in [0, 0.05) is 10.4 Å². The molecule has 3 aromatic carbocycles. The van der Waals surface area contributed by atoms with E-state index < -0.39 is 5.41 Å². The molecule has 0 aliphatic rings. The molecule has 116 valence electrons. The number of hydrogen-bond acceptors (Lipinski definition) is 2. The Labute approximate surface area is 140 Å². The van der Waals surface area contributed by atoms with E-state index in [1.165, 1.54) is 0 Å². The van der Waals surface area contributed by atoms with Crippen molar-refractivity contribution in [1.29, 1.82) is 0 Å². The fourth-order valence-corrected chi connectivity index (χ4v) is 3.26. The van der Waals surface area contributed by atoms with Crippen molar-refractivity contribution in [3.05, 3.63) is 94.5 Å². The second-order valence-corrected chi connectivity index (χ2v) is 6.11. The monoisotopic (exact) mass is 324 g/mol. The van der Waals surface area contributed by atoms with Crippen molar-refractivity contribution < 1.29 is 10.2 Å². The van der Waals surface area contributed by atoms with Crippen LogP contribution in [0.1, 0.15) is 23.6 Å². The minimum absolute atomic E-state index is 0.223. The van der Waals surface area contributed by atoms with Crippen LogP contribution in [0.15, 0.2) is 72.8 Å². The highest BCUT2D eigenvalue weighted by atomic mass is 35.5. The van der Waals surface area contributed by atoms with Gasteiger partial charge < -0.3 is 10.2 Å². The van der Waals surface area contributed by atoms with Crippen LogP contribution < -0.4 is 0 Å². The van der Waals surface area contributed by atoms with Crippen LogP contribution in [0.4, 0.5) is 0 Å². The van der Waals surface area contributed by atoms with Gasteiger partial charge in [0.05, 0.1) is 0 Å². The third-order valence-corrected chi connectivity index (χ3v) is 4.63. The molecule has 2 N–H and O–H groups in total. The van der Waals surface area contributed by atoms with Crippen LogP contribution in [0.5, 0.6) is 11.5 Å². The van der Waals surface area contributed by atoms with Gasteiger partial charge in [0.1, 0.15) is 11.5 Å². The predicted octanol–water partition coefficient (Wildman–Crippen LogP) is 5.11. The van der Waals surface area contributed by atoms with Gasteiger partial charge in [0.15, 0.2) is 0 Å². The number of benzene rings is 3. The van der Waals surface area contributed by atoms with Crippen LogP contribution in [0.2, 0.25) is 5.02 Å². The van der Waals surface area contributed by atoms with Crippen molar-refractivity contribution in [2.24, 2.45) is 0 Å². The Morgan fingerprint density at radius 1 is 0.696 bits per heavy atom. The van der Waals surface area contributed by atoms with E-state index in [9.17, 15) is 10.2 Å². The van der Waals surface area contributed by atoms with Crippen LogP contribution in [0.25, 0.3) is 0 Å². The maximum atomic E-state index is 9.60. The van der Waals surface area contributed by atoms with Gasteiger partial charge in [-0.3, -0.25) is 0 Å². The van der Waals surface area contributed by atoms with E-state index in [0.717, 1.165) is 16.7 Å². The van der Waals surface area contributed by atoms with Crippen LogP contribution >= 0.6 is 11.6 Å². The van der Waals surface area contributed by atoms with E-state index in [0.29, 0.717) is 5.02 Å². The highest BCUT2D eigenvalue weighted by molar-refractivity contribution is 6.31. The summed E-state index contributed by atoms with van der Waals surface area (Å²) in [5.74, 6) is 0.446. The average molecular weight is 325 g/mol. The molecule has 3 rings (SSSR count). The van der Waals surface area contributed by atoms with Crippen molar-refractivity contribution in [3.63, 3.8) is 0 Å². The topological polar surface area (TPSA) is 40.5 Å². The fraction of sp³-hybridized carbons (Fsp3) is 0.100. The summed E-state index contributed by atoms with van der Waals surface area (Å²) in [5, 5.41) is 19.9. The summed E-state index contributed by atoms with van der Waals surface area (Å²) in [6, 6.07) is 22.0. The molecule has 23 heavy (non-hydrogen) atoms. The van der Waals surface area contributed by atoms with Crippen LogP contribution in [0, 0.1) is 0 Å². The first-order valence-electron chi connectivity index (χ1n) is 7.36. The zero-order chi connectivity index (χ0) is 16.4. The zero-order valence-corrected chi connectivity index (χ0v) is 13.5. The smallest absolute Gasteiger partial charge is 0.115 e. The molecule has 3 heteroatoms. The Kier molecular flexibility index (Phi) is 4.01.